The van der Waals surface area contributed by atoms with E-state index >= 15 is 0 Å². The lowest BCUT2D eigenvalue weighted by atomic mass is 10.0. The molecule has 2 N–H and O–H groups in total. The van der Waals surface area contributed by atoms with E-state index in [2.05, 4.69) is 29.4 Å². The molecule has 114 valence electrons. The molecule has 0 fully saturated rings. The Labute approximate surface area is 129 Å². The molecule has 0 saturated heterocycles. The summed E-state index contributed by atoms with van der Waals surface area (Å²) < 4.78 is 7.35. The Balaban J connectivity index is 2.38. The van der Waals surface area contributed by atoms with Gasteiger partial charge in [-0.2, -0.15) is 0 Å². The number of ether oxygens (including phenoxy) is 1. The van der Waals surface area contributed by atoms with Crippen molar-refractivity contribution in [2.75, 3.05) is 18.9 Å². The Morgan fingerprint density at radius 1 is 1.38 bits per heavy atom. The summed E-state index contributed by atoms with van der Waals surface area (Å²) in [5.74, 6) is 0.998. The fourth-order valence-corrected chi connectivity index (χ4v) is 2.24. The van der Waals surface area contributed by atoms with Gasteiger partial charge in [-0.05, 0) is 41.5 Å². The van der Waals surface area contributed by atoms with Crippen LogP contribution in [0.2, 0.25) is 5.02 Å². The first-order chi connectivity index (χ1) is 10.0. The molecule has 1 atom stereocenters. The lowest BCUT2D eigenvalue weighted by Crippen LogP contribution is -2.23. The SMILES string of the molecule is CCOCC(C(C)C)n1nnnc1-c1ccc(N)c(Cl)c1. The number of tetrazole rings is 1. The third kappa shape index (κ3) is 3.51. The molecule has 1 aromatic heterocycles. The molecule has 0 saturated carbocycles. The lowest BCUT2D eigenvalue weighted by molar-refractivity contribution is 0.0913. The fraction of sp³-hybridized carbons (Fsp3) is 0.500. The van der Waals surface area contributed by atoms with Crippen molar-refractivity contribution in [3.8, 4) is 11.4 Å². The van der Waals surface area contributed by atoms with Gasteiger partial charge in [0, 0.05) is 12.2 Å². The van der Waals surface area contributed by atoms with Crippen molar-refractivity contribution in [1.82, 2.24) is 20.2 Å². The number of nitrogens with two attached hydrogens (primary N) is 1. The topological polar surface area (TPSA) is 78.8 Å². The number of anilines is 1. The second-order valence-electron chi connectivity index (χ2n) is 5.15. The highest BCUT2D eigenvalue weighted by atomic mass is 35.5. The van der Waals surface area contributed by atoms with Crippen LogP contribution >= 0.6 is 11.6 Å². The van der Waals surface area contributed by atoms with Gasteiger partial charge in [-0.25, -0.2) is 4.68 Å². The zero-order chi connectivity index (χ0) is 15.4. The molecule has 2 aromatic rings. The predicted molar refractivity (Wildman–Crippen MR) is 83.0 cm³/mol. The third-order valence-electron chi connectivity index (χ3n) is 3.33. The Morgan fingerprint density at radius 2 is 2.14 bits per heavy atom. The minimum atomic E-state index is 0.0614. The molecule has 0 aliphatic rings. The molecule has 0 bridgehead atoms. The van der Waals surface area contributed by atoms with Gasteiger partial charge < -0.3 is 10.5 Å². The van der Waals surface area contributed by atoms with Crippen LogP contribution in [0.25, 0.3) is 11.4 Å². The van der Waals surface area contributed by atoms with Crippen LogP contribution in [0, 0.1) is 5.92 Å². The van der Waals surface area contributed by atoms with E-state index < -0.39 is 0 Å². The van der Waals surface area contributed by atoms with Crippen LogP contribution in [0.5, 0.6) is 0 Å². The molecular formula is C14H20ClN5O. The fourth-order valence-electron chi connectivity index (χ4n) is 2.06. The molecular weight excluding hydrogens is 290 g/mol. The van der Waals surface area contributed by atoms with Crippen molar-refractivity contribution in [3.05, 3.63) is 23.2 Å². The van der Waals surface area contributed by atoms with Crippen LogP contribution in [0.1, 0.15) is 26.8 Å². The summed E-state index contributed by atoms with van der Waals surface area (Å²) >= 11 is 6.08. The van der Waals surface area contributed by atoms with Crippen molar-refractivity contribution in [1.29, 1.82) is 0 Å². The molecule has 21 heavy (non-hydrogen) atoms. The highest BCUT2D eigenvalue weighted by Gasteiger charge is 2.22. The van der Waals surface area contributed by atoms with E-state index in [1.165, 1.54) is 0 Å². The molecule has 2 rings (SSSR count). The minimum Gasteiger partial charge on any atom is -0.398 e. The molecule has 0 spiro atoms. The minimum absolute atomic E-state index is 0.0614. The number of nitrogen functional groups attached to an aromatic ring is 1. The smallest absolute Gasteiger partial charge is 0.182 e. The van der Waals surface area contributed by atoms with Crippen LogP contribution in [-0.2, 0) is 4.74 Å². The molecule has 1 heterocycles. The van der Waals surface area contributed by atoms with Gasteiger partial charge in [-0.3, -0.25) is 0 Å². The van der Waals surface area contributed by atoms with Crippen molar-refractivity contribution in [2.45, 2.75) is 26.8 Å². The van der Waals surface area contributed by atoms with E-state index in [0.717, 1.165) is 5.56 Å². The largest absolute Gasteiger partial charge is 0.398 e. The first-order valence-corrected chi connectivity index (χ1v) is 7.33. The summed E-state index contributed by atoms with van der Waals surface area (Å²) in [6.07, 6.45) is 0. The van der Waals surface area contributed by atoms with E-state index in [1.54, 1.807) is 16.8 Å². The third-order valence-corrected chi connectivity index (χ3v) is 3.66. The van der Waals surface area contributed by atoms with Gasteiger partial charge in [0.15, 0.2) is 5.82 Å². The van der Waals surface area contributed by atoms with E-state index in [0.29, 0.717) is 35.7 Å². The zero-order valence-corrected chi connectivity index (χ0v) is 13.2. The van der Waals surface area contributed by atoms with Gasteiger partial charge in [0.2, 0.25) is 0 Å². The summed E-state index contributed by atoms with van der Waals surface area (Å²) in [4.78, 5) is 0. The van der Waals surface area contributed by atoms with Gasteiger partial charge in [0.25, 0.3) is 0 Å². The van der Waals surface area contributed by atoms with Crippen LogP contribution in [0.3, 0.4) is 0 Å². The second-order valence-corrected chi connectivity index (χ2v) is 5.56. The Morgan fingerprint density at radius 3 is 2.76 bits per heavy atom. The molecule has 0 radical (unpaired) electrons. The number of hydrogen-bond donors (Lipinski definition) is 1. The van der Waals surface area contributed by atoms with E-state index in [1.807, 2.05) is 13.0 Å². The monoisotopic (exact) mass is 309 g/mol. The Bertz CT molecular complexity index is 599. The summed E-state index contributed by atoms with van der Waals surface area (Å²) in [6.45, 7) is 7.43. The summed E-state index contributed by atoms with van der Waals surface area (Å²) in [6, 6.07) is 5.45. The summed E-state index contributed by atoms with van der Waals surface area (Å²) in [7, 11) is 0. The van der Waals surface area contributed by atoms with Crippen LogP contribution < -0.4 is 5.73 Å². The average molecular weight is 310 g/mol. The second kappa shape index (κ2) is 6.87. The first kappa shape index (κ1) is 15.7. The van der Waals surface area contributed by atoms with Gasteiger partial charge in [0.1, 0.15) is 0 Å². The Kier molecular flexibility index (Phi) is 5.14. The van der Waals surface area contributed by atoms with Gasteiger partial charge >= 0.3 is 0 Å². The molecule has 0 aliphatic heterocycles. The average Bonchev–Trinajstić information content (AvgIpc) is 2.91. The molecule has 7 heteroatoms. The van der Waals surface area contributed by atoms with Gasteiger partial charge in [-0.15, -0.1) is 5.10 Å². The highest BCUT2D eigenvalue weighted by molar-refractivity contribution is 6.33. The summed E-state index contributed by atoms with van der Waals surface area (Å²) in [5.41, 5.74) is 7.11. The number of nitrogens with zero attached hydrogens (tertiary/aromatic N) is 4. The molecule has 0 aliphatic carbocycles. The quantitative estimate of drug-likeness (QED) is 0.830. The zero-order valence-electron chi connectivity index (χ0n) is 12.5. The van der Waals surface area contributed by atoms with Gasteiger partial charge in [-0.1, -0.05) is 25.4 Å². The van der Waals surface area contributed by atoms with Crippen molar-refractivity contribution in [2.24, 2.45) is 5.92 Å². The predicted octanol–water partition coefficient (Wildman–Crippen LogP) is 2.81. The van der Waals surface area contributed by atoms with E-state index in [-0.39, 0.29) is 6.04 Å². The first-order valence-electron chi connectivity index (χ1n) is 6.95. The van der Waals surface area contributed by atoms with Crippen LogP contribution in [0.15, 0.2) is 18.2 Å². The number of benzene rings is 1. The molecule has 1 unspecified atom stereocenters. The standard InChI is InChI=1S/C14H20ClN5O/c1-4-21-8-13(9(2)3)20-14(17-18-19-20)10-5-6-12(16)11(15)7-10/h5-7,9,13H,4,8,16H2,1-3H3. The maximum atomic E-state index is 6.08. The molecule has 1 aromatic carbocycles. The summed E-state index contributed by atoms with van der Waals surface area (Å²) in [5, 5.41) is 12.5. The Hall–Kier alpha value is -1.66. The highest BCUT2D eigenvalue weighted by Crippen LogP contribution is 2.28. The van der Waals surface area contributed by atoms with E-state index in [9.17, 15) is 0 Å². The van der Waals surface area contributed by atoms with Crippen LogP contribution in [0.4, 0.5) is 5.69 Å². The maximum Gasteiger partial charge on any atom is 0.182 e. The normalized spacial score (nSPS) is 12.8. The van der Waals surface area contributed by atoms with Gasteiger partial charge in [0.05, 0.1) is 23.4 Å². The molecule has 6 nitrogen and oxygen atoms in total. The number of hydrogen-bond acceptors (Lipinski definition) is 5. The van der Waals surface area contributed by atoms with Crippen LogP contribution in [-0.4, -0.2) is 33.4 Å². The number of aromatic nitrogens is 4. The van der Waals surface area contributed by atoms with Crippen molar-refractivity contribution in [3.63, 3.8) is 0 Å². The number of halogens is 1. The molecule has 0 amide bonds. The number of rotatable bonds is 6. The lowest BCUT2D eigenvalue weighted by Gasteiger charge is -2.21. The van der Waals surface area contributed by atoms with Crippen molar-refractivity contribution >= 4 is 17.3 Å². The maximum absolute atomic E-state index is 6.08. The van der Waals surface area contributed by atoms with Crippen molar-refractivity contribution < 1.29 is 4.74 Å². The van der Waals surface area contributed by atoms with E-state index in [4.69, 9.17) is 22.1 Å².